The highest BCUT2D eigenvalue weighted by Crippen LogP contribution is 2.32. The molecule has 0 fully saturated rings. The van der Waals surface area contributed by atoms with Crippen LogP contribution < -0.4 is 0 Å². The van der Waals surface area contributed by atoms with Gasteiger partial charge in [-0.1, -0.05) is 17.7 Å². The number of ether oxygens (including phenoxy) is 1. The number of allylic oxidation sites excluding steroid dienone is 1. The number of hydrogen-bond donors (Lipinski definition) is 0. The van der Waals surface area contributed by atoms with E-state index in [0.29, 0.717) is 10.9 Å². The average Bonchev–Trinajstić information content (AvgIpc) is 2.19. The van der Waals surface area contributed by atoms with Crippen molar-refractivity contribution in [2.45, 2.75) is 12.4 Å². The molecule has 15 heavy (non-hydrogen) atoms. The van der Waals surface area contributed by atoms with Gasteiger partial charge in [0.25, 0.3) is 0 Å². The van der Waals surface area contributed by atoms with Crippen LogP contribution in [0.3, 0.4) is 0 Å². The lowest BCUT2D eigenvalue weighted by Crippen LogP contribution is -2.42. The third-order valence-electron chi connectivity index (χ3n) is 1.95. The molecule has 0 saturated heterocycles. The molecule has 2 unspecified atom stereocenters. The molecule has 1 heterocycles. The fourth-order valence-corrected chi connectivity index (χ4v) is 1.88. The molecule has 1 aliphatic rings. The van der Waals surface area contributed by atoms with E-state index in [-0.39, 0.29) is 6.61 Å². The molecule has 0 aromatic heterocycles. The second kappa shape index (κ2) is 4.90. The monoisotopic (exact) mass is 293 g/mol. The van der Waals surface area contributed by atoms with Gasteiger partial charge in [0.05, 0.1) is 6.61 Å². The lowest BCUT2D eigenvalue weighted by molar-refractivity contribution is -0.153. The third-order valence-corrected chi connectivity index (χ3v) is 2.88. The molecule has 0 saturated carbocycles. The maximum absolute atomic E-state index is 11.6. The van der Waals surface area contributed by atoms with Gasteiger partial charge >= 0.3 is 5.97 Å². The molecule has 0 aliphatic carbocycles. The number of hydrogen-bond acceptors (Lipinski definition) is 4. The summed E-state index contributed by atoms with van der Waals surface area (Å²) in [7, 11) is 0. The highest BCUT2D eigenvalue weighted by molar-refractivity contribution is 9.18. The molecule has 4 nitrogen and oxygen atoms in total. The molecule has 0 spiro atoms. The van der Waals surface area contributed by atoms with Crippen molar-refractivity contribution in [3.8, 4) is 0 Å². The zero-order valence-corrected chi connectivity index (χ0v) is 10.3. The molecule has 1 rings (SSSR count). The fraction of sp³-hybridized carbons (Fsp3) is 0.444. The minimum absolute atomic E-state index is 0.191. The molecule has 0 aromatic carbocycles. The molecule has 1 aliphatic heterocycles. The Balaban J connectivity index is 3.02. The Kier molecular flexibility index (Phi) is 4.04. The molecular weight excluding hydrogens is 285 g/mol. The number of carbonyl (C=O) groups is 2. The predicted octanol–water partition coefficient (Wildman–Crippen LogP) is 1.66. The molecule has 0 radical (unpaired) electrons. The van der Waals surface area contributed by atoms with Crippen molar-refractivity contribution in [2.24, 2.45) is 10.4 Å². The van der Waals surface area contributed by atoms with E-state index >= 15 is 0 Å². The maximum atomic E-state index is 11.6. The molecular formula is C9H9BrClNO3. The summed E-state index contributed by atoms with van der Waals surface area (Å²) in [6.07, 6.45) is 3.36. The first-order chi connectivity index (χ1) is 7.06. The first-order valence-electron chi connectivity index (χ1n) is 4.27. The second-order valence-corrected chi connectivity index (χ2v) is 4.12. The van der Waals surface area contributed by atoms with Crippen LogP contribution in [0.2, 0.25) is 0 Å². The van der Waals surface area contributed by atoms with Gasteiger partial charge in [0, 0.05) is 0 Å². The summed E-state index contributed by atoms with van der Waals surface area (Å²) in [5.74, 6) is -0.681. The van der Waals surface area contributed by atoms with Crippen LogP contribution in [0, 0.1) is 5.41 Å². The van der Waals surface area contributed by atoms with Crippen molar-refractivity contribution in [3.63, 3.8) is 0 Å². The van der Waals surface area contributed by atoms with E-state index in [1.165, 1.54) is 12.2 Å². The Labute approximate surface area is 100 Å². The summed E-state index contributed by atoms with van der Waals surface area (Å²) in [5.41, 5.74) is -2.48. The molecule has 6 heteroatoms. The van der Waals surface area contributed by atoms with Gasteiger partial charge < -0.3 is 9.53 Å². The number of alkyl halides is 1. The van der Waals surface area contributed by atoms with Crippen molar-refractivity contribution in [1.82, 2.24) is 0 Å². The first-order valence-corrected chi connectivity index (χ1v) is 5.50. The summed E-state index contributed by atoms with van der Waals surface area (Å²) in [5, 5.41) is 0. The zero-order valence-electron chi connectivity index (χ0n) is 7.94. The Morgan fingerprint density at radius 3 is 3.00 bits per heavy atom. The molecule has 2 atom stereocenters. The number of nitrogens with zero attached hydrogens (tertiary/aromatic N) is 1. The van der Waals surface area contributed by atoms with E-state index in [0.717, 1.165) is 0 Å². The van der Waals surface area contributed by atoms with Gasteiger partial charge in [-0.2, -0.15) is 0 Å². The van der Waals surface area contributed by atoms with Crippen LogP contribution in [0.25, 0.3) is 0 Å². The minimum atomic E-state index is -1.51. The Hall–Kier alpha value is -0.680. The quantitative estimate of drug-likeness (QED) is 0.261. The van der Waals surface area contributed by atoms with Crippen LogP contribution in [0.1, 0.15) is 6.92 Å². The first kappa shape index (κ1) is 12.4. The Morgan fingerprint density at radius 2 is 2.53 bits per heavy atom. The predicted molar refractivity (Wildman–Crippen MR) is 60.3 cm³/mol. The van der Waals surface area contributed by atoms with E-state index in [1.54, 1.807) is 6.92 Å². The zero-order chi connectivity index (χ0) is 11.5. The smallest absolute Gasteiger partial charge is 0.326 e. The molecule has 0 amide bonds. The normalized spacial score (nSPS) is 29.5. The van der Waals surface area contributed by atoms with Gasteiger partial charge in [0.2, 0.25) is 0 Å². The van der Waals surface area contributed by atoms with Gasteiger partial charge in [-0.15, -0.1) is 0 Å². The lowest BCUT2D eigenvalue weighted by atomic mass is 9.88. The number of dihydropyridines is 1. The van der Waals surface area contributed by atoms with Gasteiger partial charge in [-0.3, -0.25) is 9.79 Å². The molecule has 0 bridgehead atoms. The largest absolute Gasteiger partial charge is 0.465 e. The summed E-state index contributed by atoms with van der Waals surface area (Å²) >= 11 is 8.97. The second-order valence-electron chi connectivity index (χ2n) is 2.89. The maximum Gasteiger partial charge on any atom is 0.326 e. The summed E-state index contributed by atoms with van der Waals surface area (Å²) in [4.78, 5) is 26.5. The van der Waals surface area contributed by atoms with Gasteiger partial charge in [0.15, 0.2) is 10.9 Å². The van der Waals surface area contributed by atoms with Gasteiger partial charge in [-0.05, 0) is 28.9 Å². The summed E-state index contributed by atoms with van der Waals surface area (Å²) in [6, 6.07) is 0. The summed E-state index contributed by atoms with van der Waals surface area (Å²) in [6.45, 7) is 1.85. The highest BCUT2D eigenvalue weighted by atomic mass is 79.9. The van der Waals surface area contributed by atoms with Crippen molar-refractivity contribution >= 4 is 44.4 Å². The van der Waals surface area contributed by atoms with Crippen LogP contribution in [-0.2, 0) is 14.3 Å². The van der Waals surface area contributed by atoms with Crippen molar-refractivity contribution < 1.29 is 14.3 Å². The van der Waals surface area contributed by atoms with Crippen molar-refractivity contribution in [3.05, 3.63) is 12.2 Å². The number of carbonyl (C=O) groups excluding carboxylic acids is 2. The number of aldehydes is 1. The topological polar surface area (TPSA) is 55.7 Å². The average molecular weight is 295 g/mol. The molecule has 0 N–H and O–H groups in total. The molecule has 82 valence electrons. The lowest BCUT2D eigenvalue weighted by Gasteiger charge is -2.26. The fourth-order valence-electron chi connectivity index (χ4n) is 1.11. The number of aliphatic imine (C=N–C) groups is 1. The Morgan fingerprint density at radius 1 is 1.87 bits per heavy atom. The van der Waals surface area contributed by atoms with Crippen LogP contribution in [-0.4, -0.2) is 29.0 Å². The Bertz CT molecular complexity index is 342. The van der Waals surface area contributed by atoms with E-state index in [1.807, 2.05) is 0 Å². The van der Waals surface area contributed by atoms with Crippen LogP contribution in [0.15, 0.2) is 17.1 Å². The van der Waals surface area contributed by atoms with Crippen LogP contribution in [0.5, 0.6) is 0 Å². The van der Waals surface area contributed by atoms with E-state index in [2.05, 4.69) is 20.9 Å². The molecule has 0 aromatic rings. The van der Waals surface area contributed by atoms with Gasteiger partial charge in [0.1, 0.15) is 10.9 Å². The van der Waals surface area contributed by atoms with Crippen LogP contribution in [0.4, 0.5) is 0 Å². The minimum Gasteiger partial charge on any atom is -0.465 e. The summed E-state index contributed by atoms with van der Waals surface area (Å²) < 4.78 is 5.28. The number of rotatable bonds is 3. The van der Waals surface area contributed by atoms with Crippen molar-refractivity contribution in [1.29, 1.82) is 0 Å². The van der Waals surface area contributed by atoms with E-state index < -0.39 is 16.9 Å². The standard InChI is InChI=1S/C9H9BrClNO3/c1-2-15-8(14)9(5-13)4-3-6(10)12-7(9)11/h3-5,7H,2H2,1H3. The third kappa shape index (κ3) is 2.29. The van der Waals surface area contributed by atoms with Crippen molar-refractivity contribution in [2.75, 3.05) is 6.61 Å². The van der Waals surface area contributed by atoms with Crippen LogP contribution >= 0.6 is 27.5 Å². The highest BCUT2D eigenvalue weighted by Gasteiger charge is 2.46. The van der Waals surface area contributed by atoms with E-state index in [9.17, 15) is 9.59 Å². The number of halogens is 2. The number of esters is 1. The SMILES string of the molecule is CCOC(=O)C1(C=O)C=CC(Br)=NC1Cl. The van der Waals surface area contributed by atoms with Gasteiger partial charge in [-0.25, -0.2) is 0 Å². The van der Waals surface area contributed by atoms with E-state index in [4.69, 9.17) is 16.3 Å².